The van der Waals surface area contributed by atoms with Gasteiger partial charge in [0.2, 0.25) is 5.91 Å². The van der Waals surface area contributed by atoms with Gasteiger partial charge in [-0.15, -0.1) is 0 Å². The van der Waals surface area contributed by atoms with E-state index in [4.69, 9.17) is 5.73 Å². The first-order valence-corrected chi connectivity index (χ1v) is 7.68. The van der Waals surface area contributed by atoms with Gasteiger partial charge < -0.3 is 10.6 Å². The molecule has 1 amide bonds. The lowest BCUT2D eigenvalue weighted by Crippen LogP contribution is -2.37. The Labute approximate surface area is 131 Å². The molecule has 1 aromatic carbocycles. The molecule has 0 aliphatic rings. The Morgan fingerprint density at radius 3 is 2.59 bits per heavy atom. The highest BCUT2D eigenvalue weighted by atomic mass is 16.2. The molecule has 0 saturated carbocycles. The molecule has 2 rings (SSSR count). The van der Waals surface area contributed by atoms with E-state index in [2.05, 4.69) is 17.2 Å². The first kappa shape index (κ1) is 16.2. The van der Waals surface area contributed by atoms with E-state index in [1.54, 1.807) is 4.68 Å². The molecule has 118 valence electrons. The zero-order valence-electron chi connectivity index (χ0n) is 13.1. The number of hydrogen-bond donors (Lipinski definition) is 1. The number of rotatable bonds is 8. The second-order valence-electron chi connectivity index (χ2n) is 5.43. The van der Waals surface area contributed by atoms with E-state index in [-0.39, 0.29) is 5.91 Å². The maximum absolute atomic E-state index is 12.4. The summed E-state index contributed by atoms with van der Waals surface area (Å²) in [5.74, 6) is 0.158. The number of benzene rings is 1. The van der Waals surface area contributed by atoms with Crippen LogP contribution in [0.15, 0.2) is 42.7 Å². The SMILES string of the molecule is Cn1cc(CCC(=O)N(CCN)CCc2ccccc2)cn1. The fraction of sp³-hybridized carbons (Fsp3) is 0.412. The van der Waals surface area contributed by atoms with Crippen molar-refractivity contribution in [3.8, 4) is 0 Å². The standard InChI is InChI=1S/C17H24N4O/c1-20-14-16(13-19-20)7-8-17(22)21(12-10-18)11-9-15-5-3-2-4-6-15/h2-6,13-14H,7-12,18H2,1H3. The lowest BCUT2D eigenvalue weighted by molar-refractivity contribution is -0.131. The highest BCUT2D eigenvalue weighted by Crippen LogP contribution is 2.06. The number of nitrogens with two attached hydrogens (primary N) is 1. The molecule has 5 heteroatoms. The summed E-state index contributed by atoms with van der Waals surface area (Å²) in [5.41, 5.74) is 7.97. The van der Waals surface area contributed by atoms with Gasteiger partial charge in [-0.3, -0.25) is 9.48 Å². The van der Waals surface area contributed by atoms with Crippen molar-refractivity contribution >= 4 is 5.91 Å². The van der Waals surface area contributed by atoms with Crippen LogP contribution in [-0.4, -0.2) is 40.2 Å². The minimum absolute atomic E-state index is 0.158. The summed E-state index contributed by atoms with van der Waals surface area (Å²) in [6, 6.07) is 10.2. The fourth-order valence-corrected chi connectivity index (χ4v) is 2.44. The largest absolute Gasteiger partial charge is 0.341 e. The number of amides is 1. The Kier molecular flexibility index (Phi) is 6.15. The molecule has 22 heavy (non-hydrogen) atoms. The normalized spacial score (nSPS) is 10.6. The molecule has 2 N–H and O–H groups in total. The lowest BCUT2D eigenvalue weighted by atomic mass is 10.1. The maximum Gasteiger partial charge on any atom is 0.222 e. The summed E-state index contributed by atoms with van der Waals surface area (Å²) in [5, 5.41) is 4.12. The van der Waals surface area contributed by atoms with Gasteiger partial charge in [0, 0.05) is 39.3 Å². The summed E-state index contributed by atoms with van der Waals surface area (Å²) in [4.78, 5) is 14.2. The molecule has 0 atom stereocenters. The quantitative estimate of drug-likeness (QED) is 0.801. The van der Waals surface area contributed by atoms with Gasteiger partial charge in [0.1, 0.15) is 0 Å². The van der Waals surface area contributed by atoms with E-state index in [1.807, 2.05) is 42.5 Å². The van der Waals surface area contributed by atoms with Crippen LogP contribution in [0.5, 0.6) is 0 Å². The van der Waals surface area contributed by atoms with Crippen LogP contribution in [0.3, 0.4) is 0 Å². The predicted molar refractivity (Wildman–Crippen MR) is 87.3 cm³/mol. The van der Waals surface area contributed by atoms with Crippen LogP contribution in [0.2, 0.25) is 0 Å². The molecule has 1 aromatic heterocycles. The fourth-order valence-electron chi connectivity index (χ4n) is 2.44. The molecular weight excluding hydrogens is 276 g/mol. The molecule has 2 aromatic rings. The third-order valence-electron chi connectivity index (χ3n) is 3.65. The number of aromatic nitrogens is 2. The number of aryl methyl sites for hydroxylation is 2. The minimum atomic E-state index is 0.158. The summed E-state index contributed by atoms with van der Waals surface area (Å²) in [6.07, 6.45) is 5.84. The van der Waals surface area contributed by atoms with Gasteiger partial charge in [-0.05, 0) is 24.0 Å². The van der Waals surface area contributed by atoms with Crippen LogP contribution in [-0.2, 0) is 24.7 Å². The first-order chi connectivity index (χ1) is 10.7. The third-order valence-corrected chi connectivity index (χ3v) is 3.65. The van der Waals surface area contributed by atoms with Crippen molar-refractivity contribution in [2.45, 2.75) is 19.3 Å². The van der Waals surface area contributed by atoms with Gasteiger partial charge >= 0.3 is 0 Å². The zero-order valence-corrected chi connectivity index (χ0v) is 13.1. The maximum atomic E-state index is 12.4. The molecule has 0 aliphatic carbocycles. The highest BCUT2D eigenvalue weighted by molar-refractivity contribution is 5.76. The highest BCUT2D eigenvalue weighted by Gasteiger charge is 2.13. The van der Waals surface area contributed by atoms with Crippen molar-refractivity contribution in [1.82, 2.24) is 14.7 Å². The van der Waals surface area contributed by atoms with Crippen molar-refractivity contribution in [2.24, 2.45) is 12.8 Å². The average molecular weight is 300 g/mol. The number of carbonyl (C=O) groups excluding carboxylic acids is 1. The van der Waals surface area contributed by atoms with Crippen LogP contribution in [0.25, 0.3) is 0 Å². The number of nitrogens with zero attached hydrogens (tertiary/aromatic N) is 3. The molecule has 0 radical (unpaired) electrons. The first-order valence-electron chi connectivity index (χ1n) is 7.68. The second-order valence-corrected chi connectivity index (χ2v) is 5.43. The second kappa shape index (κ2) is 8.34. The topological polar surface area (TPSA) is 64.2 Å². The van der Waals surface area contributed by atoms with E-state index >= 15 is 0 Å². The molecule has 0 aliphatic heterocycles. The molecule has 0 spiro atoms. The van der Waals surface area contributed by atoms with Gasteiger partial charge in [0.25, 0.3) is 0 Å². The van der Waals surface area contributed by atoms with Gasteiger partial charge in [0.05, 0.1) is 6.20 Å². The summed E-state index contributed by atoms with van der Waals surface area (Å²) < 4.78 is 1.76. The van der Waals surface area contributed by atoms with E-state index in [0.29, 0.717) is 26.1 Å². The smallest absolute Gasteiger partial charge is 0.222 e. The van der Waals surface area contributed by atoms with Crippen molar-refractivity contribution in [3.05, 3.63) is 53.9 Å². The Morgan fingerprint density at radius 1 is 1.18 bits per heavy atom. The van der Waals surface area contributed by atoms with Crippen LogP contribution >= 0.6 is 0 Å². The van der Waals surface area contributed by atoms with Crippen LogP contribution < -0.4 is 5.73 Å². The molecule has 5 nitrogen and oxygen atoms in total. The summed E-state index contributed by atoms with van der Waals surface area (Å²) in [6.45, 7) is 1.82. The van der Waals surface area contributed by atoms with Crippen molar-refractivity contribution in [2.75, 3.05) is 19.6 Å². The summed E-state index contributed by atoms with van der Waals surface area (Å²) >= 11 is 0. The monoisotopic (exact) mass is 300 g/mol. The summed E-state index contributed by atoms with van der Waals surface area (Å²) in [7, 11) is 1.88. The van der Waals surface area contributed by atoms with Gasteiger partial charge in [-0.25, -0.2) is 0 Å². The number of hydrogen-bond acceptors (Lipinski definition) is 3. The van der Waals surface area contributed by atoms with E-state index in [9.17, 15) is 4.79 Å². The molecular formula is C17H24N4O. The Morgan fingerprint density at radius 2 is 1.95 bits per heavy atom. The Hall–Kier alpha value is -2.14. The van der Waals surface area contributed by atoms with Gasteiger partial charge in [0.15, 0.2) is 0 Å². The molecule has 0 fully saturated rings. The molecule has 0 saturated heterocycles. The van der Waals surface area contributed by atoms with Crippen LogP contribution in [0.4, 0.5) is 0 Å². The minimum Gasteiger partial charge on any atom is -0.341 e. The lowest BCUT2D eigenvalue weighted by Gasteiger charge is -2.22. The van der Waals surface area contributed by atoms with Crippen LogP contribution in [0.1, 0.15) is 17.5 Å². The predicted octanol–water partition coefficient (Wildman–Crippen LogP) is 1.38. The van der Waals surface area contributed by atoms with E-state index in [0.717, 1.165) is 18.4 Å². The van der Waals surface area contributed by atoms with Crippen molar-refractivity contribution in [3.63, 3.8) is 0 Å². The Balaban J connectivity index is 1.84. The molecule has 1 heterocycles. The zero-order chi connectivity index (χ0) is 15.8. The van der Waals surface area contributed by atoms with Crippen molar-refractivity contribution in [1.29, 1.82) is 0 Å². The van der Waals surface area contributed by atoms with Gasteiger partial charge in [-0.1, -0.05) is 30.3 Å². The van der Waals surface area contributed by atoms with Crippen LogP contribution in [0, 0.1) is 0 Å². The molecule has 0 bridgehead atoms. The Bertz CT molecular complexity index is 579. The van der Waals surface area contributed by atoms with Gasteiger partial charge in [-0.2, -0.15) is 5.10 Å². The third kappa shape index (κ3) is 5.00. The van der Waals surface area contributed by atoms with Crippen molar-refractivity contribution < 1.29 is 4.79 Å². The number of carbonyl (C=O) groups is 1. The van der Waals surface area contributed by atoms with E-state index < -0.39 is 0 Å². The van der Waals surface area contributed by atoms with E-state index in [1.165, 1.54) is 5.56 Å². The average Bonchev–Trinajstić information content (AvgIpc) is 2.95. The molecule has 0 unspecified atom stereocenters.